The molecule has 0 fully saturated rings. The summed E-state index contributed by atoms with van der Waals surface area (Å²) in [5.41, 5.74) is 0.488. The number of aromatic nitrogens is 1. The molecule has 4 nitrogen and oxygen atoms in total. The summed E-state index contributed by atoms with van der Waals surface area (Å²) in [5, 5.41) is 23.4. The Hall–Kier alpha value is -1.77. The molecule has 20 heavy (non-hydrogen) atoms. The Bertz CT molecular complexity index is 649. The third-order valence-electron chi connectivity index (χ3n) is 2.94. The molecule has 0 saturated carbocycles. The summed E-state index contributed by atoms with van der Waals surface area (Å²) >= 11 is 1.58. The minimum Gasteiger partial charge on any atom is -0.387 e. The van der Waals surface area contributed by atoms with Crippen molar-refractivity contribution in [1.82, 2.24) is 4.98 Å². The van der Waals surface area contributed by atoms with Gasteiger partial charge in [-0.05, 0) is 25.3 Å². The first-order valence-corrected chi connectivity index (χ1v) is 7.70. The number of anilines is 1. The van der Waals surface area contributed by atoms with E-state index >= 15 is 0 Å². The molecule has 0 spiro atoms. The molecule has 0 amide bonds. The number of fused-ring (bicyclic) bond motifs is 1. The maximum absolute atomic E-state index is 10.2. The van der Waals surface area contributed by atoms with Crippen molar-refractivity contribution in [3.63, 3.8) is 0 Å². The number of rotatable bonds is 5. The van der Waals surface area contributed by atoms with E-state index in [0.717, 1.165) is 10.9 Å². The van der Waals surface area contributed by atoms with Gasteiger partial charge in [0.2, 0.25) is 0 Å². The topological polar surface area (TPSA) is 68.9 Å². The van der Waals surface area contributed by atoms with Crippen LogP contribution in [0.25, 0.3) is 10.9 Å². The second kappa shape index (κ2) is 6.12. The summed E-state index contributed by atoms with van der Waals surface area (Å²) < 4.78 is 0. The molecule has 104 valence electrons. The SMILES string of the molecule is CSCC(C)(O)CNc1nc2ccccc2cc1C#N. The number of para-hydroxylation sites is 1. The van der Waals surface area contributed by atoms with Crippen LogP contribution in [0.5, 0.6) is 0 Å². The summed E-state index contributed by atoms with van der Waals surface area (Å²) in [6, 6.07) is 11.6. The molecule has 1 aromatic carbocycles. The van der Waals surface area contributed by atoms with E-state index in [1.807, 2.05) is 36.6 Å². The standard InChI is InChI=1S/C15H17N3OS/c1-15(19,10-20-2)9-17-14-12(8-16)7-11-5-3-4-6-13(11)18-14/h3-7,19H,9-10H2,1-2H3,(H,17,18). The van der Waals surface area contributed by atoms with Gasteiger partial charge in [-0.15, -0.1) is 0 Å². The lowest BCUT2D eigenvalue weighted by molar-refractivity contribution is 0.0996. The second-order valence-corrected chi connectivity index (χ2v) is 5.84. The third kappa shape index (κ3) is 3.41. The second-order valence-electron chi connectivity index (χ2n) is 4.97. The van der Waals surface area contributed by atoms with Crippen LogP contribution in [-0.4, -0.2) is 34.2 Å². The maximum atomic E-state index is 10.2. The molecule has 0 radical (unpaired) electrons. The number of nitrogens with zero attached hydrogens (tertiary/aromatic N) is 2. The molecule has 1 atom stereocenters. The number of hydrogen-bond acceptors (Lipinski definition) is 5. The Kier molecular flexibility index (Phi) is 4.48. The highest BCUT2D eigenvalue weighted by molar-refractivity contribution is 7.98. The molecule has 0 saturated heterocycles. The number of aliphatic hydroxyl groups is 1. The van der Waals surface area contributed by atoms with Gasteiger partial charge in [0.25, 0.3) is 0 Å². The van der Waals surface area contributed by atoms with Gasteiger partial charge in [-0.25, -0.2) is 4.98 Å². The van der Waals surface area contributed by atoms with Gasteiger partial charge >= 0.3 is 0 Å². The summed E-state index contributed by atoms with van der Waals surface area (Å²) in [5.74, 6) is 1.14. The quantitative estimate of drug-likeness (QED) is 0.884. The smallest absolute Gasteiger partial charge is 0.144 e. The van der Waals surface area contributed by atoms with E-state index in [-0.39, 0.29) is 0 Å². The highest BCUT2D eigenvalue weighted by Gasteiger charge is 2.20. The van der Waals surface area contributed by atoms with Crippen molar-refractivity contribution < 1.29 is 5.11 Å². The molecule has 0 aliphatic carbocycles. The summed E-state index contributed by atoms with van der Waals surface area (Å²) in [6.07, 6.45) is 1.95. The van der Waals surface area contributed by atoms with Crippen LogP contribution < -0.4 is 5.32 Å². The first-order valence-electron chi connectivity index (χ1n) is 6.31. The number of benzene rings is 1. The fourth-order valence-electron chi connectivity index (χ4n) is 1.97. The highest BCUT2D eigenvalue weighted by Crippen LogP contribution is 2.21. The monoisotopic (exact) mass is 287 g/mol. The number of nitriles is 1. The van der Waals surface area contributed by atoms with E-state index < -0.39 is 5.60 Å². The minimum atomic E-state index is -0.834. The number of pyridine rings is 1. The van der Waals surface area contributed by atoms with Gasteiger partial charge in [0.05, 0.1) is 16.7 Å². The average Bonchev–Trinajstić information content (AvgIpc) is 2.44. The molecule has 2 rings (SSSR count). The fourth-order valence-corrected chi connectivity index (χ4v) is 2.70. The molecule has 0 aliphatic heterocycles. The van der Waals surface area contributed by atoms with Crippen LogP contribution in [0.3, 0.4) is 0 Å². The summed E-state index contributed by atoms with van der Waals surface area (Å²) in [7, 11) is 0. The van der Waals surface area contributed by atoms with E-state index in [4.69, 9.17) is 0 Å². The van der Waals surface area contributed by atoms with Gasteiger partial charge in [0.1, 0.15) is 11.9 Å². The molecular formula is C15H17N3OS. The Morgan fingerprint density at radius 2 is 2.20 bits per heavy atom. The van der Waals surface area contributed by atoms with E-state index in [1.165, 1.54) is 0 Å². The predicted octanol–water partition coefficient (Wildman–Crippen LogP) is 2.63. The van der Waals surface area contributed by atoms with E-state index in [0.29, 0.717) is 23.7 Å². The number of hydrogen-bond donors (Lipinski definition) is 2. The van der Waals surface area contributed by atoms with Crippen LogP contribution in [-0.2, 0) is 0 Å². The van der Waals surface area contributed by atoms with E-state index in [2.05, 4.69) is 16.4 Å². The Morgan fingerprint density at radius 1 is 1.45 bits per heavy atom. The number of nitrogens with one attached hydrogen (secondary N) is 1. The van der Waals surface area contributed by atoms with Crippen LogP contribution in [0.1, 0.15) is 12.5 Å². The van der Waals surface area contributed by atoms with Gasteiger partial charge in [0, 0.05) is 17.7 Å². The number of thioether (sulfide) groups is 1. The van der Waals surface area contributed by atoms with Gasteiger partial charge in [-0.2, -0.15) is 17.0 Å². The Morgan fingerprint density at radius 3 is 2.90 bits per heavy atom. The van der Waals surface area contributed by atoms with Gasteiger partial charge in [-0.1, -0.05) is 18.2 Å². The van der Waals surface area contributed by atoms with Gasteiger partial charge in [0.15, 0.2) is 0 Å². The lowest BCUT2D eigenvalue weighted by Crippen LogP contribution is -2.36. The molecule has 1 aromatic heterocycles. The maximum Gasteiger partial charge on any atom is 0.144 e. The lowest BCUT2D eigenvalue weighted by Gasteiger charge is -2.23. The van der Waals surface area contributed by atoms with Crippen molar-refractivity contribution in [3.8, 4) is 6.07 Å². The molecular weight excluding hydrogens is 270 g/mol. The van der Waals surface area contributed by atoms with Gasteiger partial charge < -0.3 is 10.4 Å². The van der Waals surface area contributed by atoms with Crippen LogP contribution in [0.15, 0.2) is 30.3 Å². The van der Waals surface area contributed by atoms with Crippen molar-refractivity contribution in [3.05, 3.63) is 35.9 Å². The van der Waals surface area contributed by atoms with Crippen molar-refractivity contribution >= 4 is 28.5 Å². The van der Waals surface area contributed by atoms with Crippen LogP contribution >= 0.6 is 11.8 Å². The fraction of sp³-hybridized carbons (Fsp3) is 0.333. The molecule has 2 N–H and O–H groups in total. The first-order chi connectivity index (χ1) is 9.55. The lowest BCUT2D eigenvalue weighted by atomic mass is 10.1. The zero-order valence-electron chi connectivity index (χ0n) is 11.6. The van der Waals surface area contributed by atoms with Crippen LogP contribution in [0, 0.1) is 11.3 Å². The molecule has 0 aliphatic rings. The van der Waals surface area contributed by atoms with Crippen LogP contribution in [0.2, 0.25) is 0 Å². The molecule has 1 heterocycles. The third-order valence-corrected chi connectivity index (χ3v) is 3.85. The van der Waals surface area contributed by atoms with Crippen molar-refractivity contribution in [1.29, 1.82) is 5.26 Å². The Labute approximate surface area is 122 Å². The van der Waals surface area contributed by atoms with Crippen molar-refractivity contribution in [2.24, 2.45) is 0 Å². The first kappa shape index (κ1) is 14.6. The van der Waals surface area contributed by atoms with E-state index in [1.54, 1.807) is 18.7 Å². The largest absolute Gasteiger partial charge is 0.387 e. The zero-order chi connectivity index (χ0) is 14.6. The van der Waals surface area contributed by atoms with Crippen molar-refractivity contribution in [2.75, 3.05) is 23.9 Å². The summed E-state index contributed by atoms with van der Waals surface area (Å²) in [4.78, 5) is 4.46. The molecule has 1 unspecified atom stereocenters. The normalized spacial score (nSPS) is 13.7. The average molecular weight is 287 g/mol. The highest BCUT2D eigenvalue weighted by atomic mass is 32.2. The predicted molar refractivity (Wildman–Crippen MR) is 84.0 cm³/mol. The molecule has 5 heteroatoms. The summed E-state index contributed by atoms with van der Waals surface area (Å²) in [6.45, 7) is 2.12. The molecule has 2 aromatic rings. The van der Waals surface area contributed by atoms with E-state index in [9.17, 15) is 10.4 Å². The minimum absolute atomic E-state index is 0.355. The zero-order valence-corrected chi connectivity index (χ0v) is 12.4. The molecule has 0 bridgehead atoms. The van der Waals surface area contributed by atoms with Gasteiger partial charge in [-0.3, -0.25) is 0 Å². The Balaban J connectivity index is 2.27. The van der Waals surface area contributed by atoms with Crippen molar-refractivity contribution in [2.45, 2.75) is 12.5 Å². The van der Waals surface area contributed by atoms with Crippen LogP contribution in [0.4, 0.5) is 5.82 Å².